The predicted octanol–water partition coefficient (Wildman–Crippen LogP) is 0.943. The molecule has 100 valence electrons. The van der Waals surface area contributed by atoms with Crippen LogP contribution in [0.1, 0.15) is 17.4 Å². The molecule has 0 bridgehead atoms. The van der Waals surface area contributed by atoms with Crippen LogP contribution in [0.3, 0.4) is 0 Å². The zero-order valence-corrected chi connectivity index (χ0v) is 11.1. The van der Waals surface area contributed by atoms with Gasteiger partial charge in [0, 0.05) is 6.54 Å². The summed E-state index contributed by atoms with van der Waals surface area (Å²) >= 11 is 5.95. The van der Waals surface area contributed by atoms with Crippen LogP contribution in [-0.2, 0) is 7.05 Å². The van der Waals surface area contributed by atoms with Crippen LogP contribution in [-0.4, -0.2) is 37.6 Å². The summed E-state index contributed by atoms with van der Waals surface area (Å²) in [5, 5.41) is 16.8. The highest BCUT2D eigenvalue weighted by Gasteiger charge is 2.15. The Morgan fingerprint density at radius 3 is 2.89 bits per heavy atom. The van der Waals surface area contributed by atoms with Gasteiger partial charge in [0.25, 0.3) is 11.9 Å². The maximum absolute atomic E-state index is 12.0. The fourth-order valence-electron chi connectivity index (χ4n) is 1.38. The van der Waals surface area contributed by atoms with E-state index in [2.05, 4.69) is 31.0 Å². The highest BCUT2D eigenvalue weighted by molar-refractivity contribution is 6.34. The molecule has 0 aliphatic heterocycles. The Morgan fingerprint density at radius 1 is 1.47 bits per heavy atom. The molecule has 0 atom stereocenters. The van der Waals surface area contributed by atoms with Crippen LogP contribution in [0.15, 0.2) is 12.1 Å². The van der Waals surface area contributed by atoms with E-state index in [9.17, 15) is 4.79 Å². The lowest BCUT2D eigenvalue weighted by Gasteiger charge is -2.06. The van der Waals surface area contributed by atoms with Crippen molar-refractivity contribution in [3.8, 4) is 0 Å². The summed E-state index contributed by atoms with van der Waals surface area (Å²) in [6.07, 6.45) is 0. The Hall–Kier alpha value is -2.22. The fraction of sp³-hybridized carbons (Fsp3) is 0.300. The van der Waals surface area contributed by atoms with Crippen molar-refractivity contribution in [2.24, 2.45) is 7.05 Å². The van der Waals surface area contributed by atoms with Crippen molar-refractivity contribution in [3.63, 3.8) is 0 Å². The van der Waals surface area contributed by atoms with E-state index in [0.29, 0.717) is 12.4 Å². The molecular formula is C10H12ClN7O. The Kier molecular flexibility index (Phi) is 3.91. The zero-order valence-electron chi connectivity index (χ0n) is 10.4. The van der Waals surface area contributed by atoms with Crippen LogP contribution in [0.5, 0.6) is 0 Å². The van der Waals surface area contributed by atoms with Crippen molar-refractivity contribution in [1.29, 1.82) is 0 Å². The van der Waals surface area contributed by atoms with Crippen LogP contribution in [0.25, 0.3) is 0 Å². The fourth-order valence-corrected chi connectivity index (χ4v) is 1.57. The minimum absolute atomic E-state index is 0.0965. The molecule has 9 heteroatoms. The number of nitrogens with one attached hydrogen (secondary N) is 2. The minimum atomic E-state index is -0.488. The predicted molar refractivity (Wildman–Crippen MR) is 70.2 cm³/mol. The van der Waals surface area contributed by atoms with E-state index >= 15 is 0 Å². The Morgan fingerprint density at radius 2 is 2.26 bits per heavy atom. The van der Waals surface area contributed by atoms with E-state index in [-0.39, 0.29) is 16.7 Å². The molecule has 0 unspecified atom stereocenters. The molecule has 0 aliphatic carbocycles. The average molecular weight is 282 g/mol. The molecule has 0 radical (unpaired) electrons. The number of aromatic nitrogens is 5. The highest BCUT2D eigenvalue weighted by Crippen LogP contribution is 2.17. The van der Waals surface area contributed by atoms with Gasteiger partial charge in [0.1, 0.15) is 11.5 Å². The van der Waals surface area contributed by atoms with E-state index in [1.807, 2.05) is 6.92 Å². The van der Waals surface area contributed by atoms with Gasteiger partial charge < -0.3 is 5.32 Å². The first-order chi connectivity index (χ1) is 9.10. The summed E-state index contributed by atoms with van der Waals surface area (Å²) in [5.74, 6) is 0.182. The third-order valence-corrected chi connectivity index (χ3v) is 2.46. The third kappa shape index (κ3) is 3.16. The van der Waals surface area contributed by atoms with Crippen molar-refractivity contribution in [3.05, 3.63) is 22.8 Å². The van der Waals surface area contributed by atoms with Crippen molar-refractivity contribution >= 4 is 29.3 Å². The van der Waals surface area contributed by atoms with Crippen molar-refractivity contribution in [1.82, 2.24) is 25.2 Å². The van der Waals surface area contributed by atoms with Gasteiger partial charge in [0.15, 0.2) is 0 Å². The molecule has 2 aromatic heterocycles. The van der Waals surface area contributed by atoms with E-state index < -0.39 is 5.91 Å². The quantitative estimate of drug-likeness (QED) is 0.866. The first kappa shape index (κ1) is 13.2. The number of tetrazole rings is 1. The van der Waals surface area contributed by atoms with Crippen LogP contribution in [0.2, 0.25) is 5.02 Å². The Balaban J connectivity index is 2.20. The zero-order chi connectivity index (χ0) is 13.8. The minimum Gasteiger partial charge on any atom is -0.370 e. The molecule has 2 rings (SSSR count). The van der Waals surface area contributed by atoms with Crippen molar-refractivity contribution in [2.45, 2.75) is 6.92 Å². The SMILES string of the molecule is CCNc1ccc(Cl)c(C(=O)Nc2nnn(C)n2)n1. The average Bonchev–Trinajstić information content (AvgIpc) is 2.77. The van der Waals surface area contributed by atoms with Crippen LogP contribution >= 0.6 is 11.6 Å². The van der Waals surface area contributed by atoms with E-state index in [4.69, 9.17) is 11.6 Å². The van der Waals surface area contributed by atoms with Crippen LogP contribution in [0, 0.1) is 0 Å². The maximum Gasteiger partial charge on any atom is 0.278 e. The second-order valence-electron chi connectivity index (χ2n) is 3.61. The smallest absolute Gasteiger partial charge is 0.278 e. The molecule has 2 N–H and O–H groups in total. The van der Waals surface area contributed by atoms with Gasteiger partial charge in [-0.1, -0.05) is 16.7 Å². The number of nitrogens with zero attached hydrogens (tertiary/aromatic N) is 5. The lowest BCUT2D eigenvalue weighted by Crippen LogP contribution is -2.16. The molecule has 0 saturated heterocycles. The summed E-state index contributed by atoms with van der Waals surface area (Å²) in [7, 11) is 1.60. The molecule has 0 spiro atoms. The Labute approximate surface area is 114 Å². The summed E-state index contributed by atoms with van der Waals surface area (Å²) in [6.45, 7) is 2.63. The third-order valence-electron chi connectivity index (χ3n) is 2.15. The normalized spacial score (nSPS) is 10.3. The van der Waals surface area contributed by atoms with E-state index in [1.54, 1.807) is 19.2 Å². The van der Waals surface area contributed by atoms with Gasteiger partial charge in [-0.2, -0.15) is 4.80 Å². The molecule has 19 heavy (non-hydrogen) atoms. The lowest BCUT2D eigenvalue weighted by atomic mass is 10.3. The molecule has 0 fully saturated rings. The number of carbonyl (C=O) groups is 1. The van der Waals surface area contributed by atoms with Crippen molar-refractivity contribution < 1.29 is 4.79 Å². The first-order valence-corrected chi connectivity index (χ1v) is 5.93. The number of carbonyl (C=O) groups excluding carboxylic acids is 1. The van der Waals surface area contributed by atoms with Gasteiger partial charge in [0.2, 0.25) is 0 Å². The topological polar surface area (TPSA) is 97.6 Å². The number of rotatable bonds is 4. The molecule has 0 aliphatic rings. The summed E-state index contributed by atoms with van der Waals surface area (Å²) in [4.78, 5) is 17.4. The summed E-state index contributed by atoms with van der Waals surface area (Å²) in [5.41, 5.74) is 0.104. The Bertz CT molecular complexity index is 597. The second kappa shape index (κ2) is 5.61. The molecule has 1 amide bonds. The molecule has 2 heterocycles. The molecular weight excluding hydrogens is 270 g/mol. The summed E-state index contributed by atoms with van der Waals surface area (Å²) < 4.78 is 0. The first-order valence-electron chi connectivity index (χ1n) is 5.56. The molecule has 0 saturated carbocycles. The standard InChI is InChI=1S/C10H12ClN7O/c1-3-12-7-5-4-6(11)8(13-7)9(19)14-10-15-17-18(2)16-10/h4-5H,3H2,1-2H3,(H,12,13)(H,14,16,19). The number of hydrogen-bond acceptors (Lipinski definition) is 6. The van der Waals surface area contributed by atoms with Crippen LogP contribution in [0.4, 0.5) is 11.8 Å². The van der Waals surface area contributed by atoms with Gasteiger partial charge >= 0.3 is 0 Å². The van der Waals surface area contributed by atoms with E-state index in [0.717, 1.165) is 0 Å². The number of anilines is 2. The van der Waals surface area contributed by atoms with Crippen LogP contribution < -0.4 is 10.6 Å². The second-order valence-corrected chi connectivity index (χ2v) is 4.02. The van der Waals surface area contributed by atoms with Gasteiger partial charge in [0.05, 0.1) is 12.1 Å². The van der Waals surface area contributed by atoms with Gasteiger partial charge in [-0.3, -0.25) is 10.1 Å². The number of aryl methyl sites for hydroxylation is 1. The monoisotopic (exact) mass is 281 g/mol. The van der Waals surface area contributed by atoms with Gasteiger partial charge in [-0.15, -0.1) is 5.10 Å². The lowest BCUT2D eigenvalue weighted by molar-refractivity contribution is 0.102. The van der Waals surface area contributed by atoms with E-state index in [1.165, 1.54) is 4.80 Å². The van der Waals surface area contributed by atoms with Crippen molar-refractivity contribution in [2.75, 3.05) is 17.2 Å². The number of pyridine rings is 1. The maximum atomic E-state index is 12.0. The largest absolute Gasteiger partial charge is 0.370 e. The van der Waals surface area contributed by atoms with Gasteiger partial charge in [-0.05, 0) is 24.3 Å². The number of halogens is 1. The number of amides is 1. The molecule has 0 aromatic carbocycles. The molecule has 2 aromatic rings. The summed E-state index contributed by atoms with van der Waals surface area (Å²) in [6, 6.07) is 3.30. The molecule has 8 nitrogen and oxygen atoms in total. The highest BCUT2D eigenvalue weighted by atomic mass is 35.5. The number of hydrogen-bond donors (Lipinski definition) is 2. The van der Waals surface area contributed by atoms with Gasteiger partial charge in [-0.25, -0.2) is 4.98 Å².